The molecular formula is C10H9N3O4. The number of nitrogen functional groups attached to an aromatic ring is 1. The smallest absolute Gasteiger partial charge is 0.377 e. The van der Waals surface area contributed by atoms with E-state index in [0.29, 0.717) is 11.4 Å². The van der Waals surface area contributed by atoms with Crippen LogP contribution in [0.2, 0.25) is 0 Å². The molecule has 17 heavy (non-hydrogen) atoms. The van der Waals surface area contributed by atoms with E-state index < -0.39 is 11.8 Å². The van der Waals surface area contributed by atoms with Crippen LogP contribution in [0.3, 0.4) is 0 Å². The molecule has 1 aromatic heterocycles. The molecule has 88 valence electrons. The highest BCUT2D eigenvalue weighted by molar-refractivity contribution is 5.82. The number of para-hydroxylation sites is 2. The fourth-order valence-electron chi connectivity index (χ4n) is 1.15. The Morgan fingerprint density at radius 3 is 2.88 bits per heavy atom. The van der Waals surface area contributed by atoms with Gasteiger partial charge in [0.2, 0.25) is 0 Å². The maximum Gasteiger partial charge on any atom is 0.377 e. The SMILES string of the molecule is Nc1ccccc1OCc1nc(C(=O)O)no1. The summed E-state index contributed by atoms with van der Waals surface area (Å²) in [6, 6.07) is 6.91. The quantitative estimate of drug-likeness (QED) is 0.758. The van der Waals surface area contributed by atoms with Crippen LogP contribution in [0.1, 0.15) is 16.5 Å². The van der Waals surface area contributed by atoms with Crippen molar-refractivity contribution in [3.63, 3.8) is 0 Å². The Bertz CT molecular complexity index is 538. The zero-order valence-electron chi connectivity index (χ0n) is 8.66. The van der Waals surface area contributed by atoms with Crippen LogP contribution in [0.4, 0.5) is 5.69 Å². The summed E-state index contributed by atoms with van der Waals surface area (Å²) < 4.78 is 9.98. The van der Waals surface area contributed by atoms with E-state index in [2.05, 4.69) is 14.7 Å². The number of aromatic carboxylic acids is 1. The number of hydrogen-bond donors (Lipinski definition) is 2. The molecule has 0 saturated heterocycles. The van der Waals surface area contributed by atoms with E-state index in [1.807, 2.05) is 0 Å². The van der Waals surface area contributed by atoms with Crippen LogP contribution in [0.25, 0.3) is 0 Å². The van der Waals surface area contributed by atoms with Crippen LogP contribution in [0.5, 0.6) is 5.75 Å². The minimum absolute atomic E-state index is 0.0332. The Hall–Kier alpha value is -2.57. The third kappa shape index (κ3) is 2.51. The predicted molar refractivity (Wildman–Crippen MR) is 56.4 cm³/mol. The summed E-state index contributed by atoms with van der Waals surface area (Å²) in [6.07, 6.45) is 0. The molecule has 0 radical (unpaired) electrons. The molecule has 0 fully saturated rings. The Morgan fingerprint density at radius 1 is 1.47 bits per heavy atom. The summed E-state index contributed by atoms with van der Waals surface area (Å²) in [7, 11) is 0. The number of carbonyl (C=O) groups is 1. The van der Waals surface area contributed by atoms with E-state index in [-0.39, 0.29) is 12.5 Å². The van der Waals surface area contributed by atoms with Gasteiger partial charge in [-0.1, -0.05) is 12.1 Å². The Labute approximate surface area is 95.8 Å². The molecule has 0 saturated carbocycles. The van der Waals surface area contributed by atoms with E-state index in [9.17, 15) is 4.79 Å². The van der Waals surface area contributed by atoms with Gasteiger partial charge in [0, 0.05) is 0 Å². The van der Waals surface area contributed by atoms with Gasteiger partial charge in [-0.15, -0.1) is 0 Å². The first-order chi connectivity index (χ1) is 8.16. The van der Waals surface area contributed by atoms with Crippen LogP contribution in [0.15, 0.2) is 28.8 Å². The summed E-state index contributed by atoms with van der Waals surface area (Å²) in [5, 5.41) is 11.8. The van der Waals surface area contributed by atoms with Crippen molar-refractivity contribution >= 4 is 11.7 Å². The van der Waals surface area contributed by atoms with Crippen LogP contribution >= 0.6 is 0 Å². The van der Waals surface area contributed by atoms with Crippen molar-refractivity contribution in [2.45, 2.75) is 6.61 Å². The number of aromatic nitrogens is 2. The zero-order chi connectivity index (χ0) is 12.3. The number of rotatable bonds is 4. The van der Waals surface area contributed by atoms with Crippen molar-refractivity contribution in [1.82, 2.24) is 10.1 Å². The van der Waals surface area contributed by atoms with Gasteiger partial charge in [-0.3, -0.25) is 0 Å². The molecule has 0 unspecified atom stereocenters. The lowest BCUT2D eigenvalue weighted by atomic mass is 10.3. The van der Waals surface area contributed by atoms with E-state index in [1.165, 1.54) is 0 Å². The van der Waals surface area contributed by atoms with Crippen LogP contribution < -0.4 is 10.5 Å². The second-order valence-electron chi connectivity index (χ2n) is 3.14. The van der Waals surface area contributed by atoms with E-state index in [1.54, 1.807) is 24.3 Å². The van der Waals surface area contributed by atoms with Gasteiger partial charge < -0.3 is 20.1 Å². The molecule has 0 aliphatic rings. The van der Waals surface area contributed by atoms with Gasteiger partial charge in [0.05, 0.1) is 5.69 Å². The summed E-state index contributed by atoms with van der Waals surface area (Å²) in [6.45, 7) is -0.0332. The average molecular weight is 235 g/mol. The van der Waals surface area contributed by atoms with Crippen LogP contribution in [-0.4, -0.2) is 21.2 Å². The van der Waals surface area contributed by atoms with Gasteiger partial charge >= 0.3 is 5.97 Å². The highest BCUT2D eigenvalue weighted by Crippen LogP contribution is 2.20. The zero-order valence-corrected chi connectivity index (χ0v) is 8.66. The van der Waals surface area contributed by atoms with E-state index in [0.717, 1.165) is 0 Å². The van der Waals surface area contributed by atoms with Gasteiger partial charge in [0.15, 0.2) is 6.61 Å². The lowest BCUT2D eigenvalue weighted by Gasteiger charge is -2.05. The number of benzene rings is 1. The highest BCUT2D eigenvalue weighted by atomic mass is 16.5. The summed E-state index contributed by atoms with van der Waals surface area (Å²) >= 11 is 0. The van der Waals surface area contributed by atoms with Gasteiger partial charge in [0.25, 0.3) is 11.7 Å². The molecule has 2 aromatic rings. The highest BCUT2D eigenvalue weighted by Gasteiger charge is 2.13. The van der Waals surface area contributed by atoms with Crippen molar-refractivity contribution in [3.05, 3.63) is 36.0 Å². The molecule has 0 atom stereocenters. The van der Waals surface area contributed by atoms with Crippen molar-refractivity contribution in [2.24, 2.45) is 0 Å². The summed E-state index contributed by atoms with van der Waals surface area (Å²) in [5.74, 6) is -1.10. The molecule has 0 amide bonds. The number of anilines is 1. The molecule has 1 aromatic carbocycles. The number of ether oxygens (including phenoxy) is 1. The first kappa shape index (κ1) is 10.9. The molecule has 7 nitrogen and oxygen atoms in total. The first-order valence-electron chi connectivity index (χ1n) is 4.70. The van der Waals surface area contributed by atoms with Crippen LogP contribution in [0, 0.1) is 0 Å². The molecular weight excluding hydrogens is 226 g/mol. The van der Waals surface area contributed by atoms with Gasteiger partial charge in [-0.25, -0.2) is 4.79 Å². The lowest BCUT2D eigenvalue weighted by molar-refractivity contribution is 0.0680. The lowest BCUT2D eigenvalue weighted by Crippen LogP contribution is -2.01. The molecule has 0 bridgehead atoms. The third-order valence-corrected chi connectivity index (χ3v) is 1.93. The Kier molecular flexibility index (Phi) is 2.91. The maximum atomic E-state index is 10.5. The summed E-state index contributed by atoms with van der Waals surface area (Å²) in [4.78, 5) is 14.1. The maximum absolute atomic E-state index is 10.5. The monoisotopic (exact) mass is 235 g/mol. The molecule has 2 rings (SSSR count). The minimum Gasteiger partial charge on any atom is -0.482 e. The standard InChI is InChI=1S/C10H9N3O4/c11-6-3-1-2-4-7(6)16-5-8-12-9(10(14)15)13-17-8/h1-4H,5,11H2,(H,14,15). The molecule has 0 aliphatic heterocycles. The molecule has 0 spiro atoms. The second kappa shape index (κ2) is 4.52. The van der Waals surface area contributed by atoms with Gasteiger partial charge in [0.1, 0.15) is 5.75 Å². The van der Waals surface area contributed by atoms with Crippen LogP contribution in [-0.2, 0) is 6.61 Å². The van der Waals surface area contributed by atoms with Crippen molar-refractivity contribution in [1.29, 1.82) is 0 Å². The molecule has 0 aliphatic carbocycles. The largest absolute Gasteiger partial charge is 0.482 e. The normalized spacial score (nSPS) is 10.1. The van der Waals surface area contributed by atoms with Gasteiger partial charge in [-0.05, 0) is 17.3 Å². The second-order valence-corrected chi connectivity index (χ2v) is 3.14. The molecule has 1 heterocycles. The van der Waals surface area contributed by atoms with E-state index >= 15 is 0 Å². The first-order valence-corrected chi connectivity index (χ1v) is 4.70. The molecule has 7 heteroatoms. The summed E-state index contributed by atoms with van der Waals surface area (Å²) in [5.41, 5.74) is 6.13. The van der Waals surface area contributed by atoms with Crippen molar-refractivity contribution in [3.8, 4) is 5.75 Å². The fourth-order valence-corrected chi connectivity index (χ4v) is 1.15. The number of nitrogens with two attached hydrogens (primary N) is 1. The number of hydrogen-bond acceptors (Lipinski definition) is 6. The Balaban J connectivity index is 2.02. The molecule has 3 N–H and O–H groups in total. The number of carboxylic acid groups (broad SMARTS) is 1. The van der Waals surface area contributed by atoms with E-state index in [4.69, 9.17) is 15.6 Å². The number of nitrogens with zero attached hydrogens (tertiary/aromatic N) is 2. The van der Waals surface area contributed by atoms with Crippen molar-refractivity contribution < 1.29 is 19.2 Å². The Morgan fingerprint density at radius 2 is 2.24 bits per heavy atom. The topological polar surface area (TPSA) is 111 Å². The minimum atomic E-state index is -1.25. The predicted octanol–water partition coefficient (Wildman–Crippen LogP) is 0.929. The fraction of sp³-hybridized carbons (Fsp3) is 0.100. The average Bonchev–Trinajstić information content (AvgIpc) is 2.77. The van der Waals surface area contributed by atoms with Gasteiger partial charge in [-0.2, -0.15) is 4.98 Å². The third-order valence-electron chi connectivity index (χ3n) is 1.93. The van der Waals surface area contributed by atoms with Crippen molar-refractivity contribution in [2.75, 3.05) is 5.73 Å². The number of carboxylic acids is 1.